The smallest absolute Gasteiger partial charge is 0.260 e. The number of piperidine rings is 1. The van der Waals surface area contributed by atoms with Gasteiger partial charge < -0.3 is 14.2 Å². The Labute approximate surface area is 162 Å². The summed E-state index contributed by atoms with van der Waals surface area (Å²) in [5, 5.41) is 0. The van der Waals surface area contributed by atoms with Gasteiger partial charge >= 0.3 is 0 Å². The molecule has 1 aliphatic rings. The summed E-state index contributed by atoms with van der Waals surface area (Å²) in [7, 11) is 0. The molecule has 1 saturated heterocycles. The number of carbonyl (C=O) groups excluding carboxylic acids is 1. The normalized spacial score (nSPS) is 15.3. The van der Waals surface area contributed by atoms with Gasteiger partial charge in [0.05, 0.1) is 0 Å². The molecule has 146 valence electrons. The fourth-order valence-electron chi connectivity index (χ4n) is 3.65. The molecular weight excluding hydrogens is 338 g/mol. The van der Waals surface area contributed by atoms with Crippen LogP contribution < -0.4 is 4.74 Å². The molecule has 1 fully saturated rings. The van der Waals surface area contributed by atoms with Gasteiger partial charge in [0.15, 0.2) is 6.61 Å². The van der Waals surface area contributed by atoms with E-state index in [4.69, 9.17) is 4.74 Å². The van der Waals surface area contributed by atoms with Gasteiger partial charge in [-0.05, 0) is 42.4 Å². The number of benzene rings is 1. The maximum Gasteiger partial charge on any atom is 0.260 e. The highest BCUT2D eigenvalue weighted by atomic mass is 16.5. The van der Waals surface area contributed by atoms with Gasteiger partial charge in [-0.25, -0.2) is 4.98 Å². The molecule has 0 N–H and O–H groups in total. The monoisotopic (exact) mass is 369 g/mol. The van der Waals surface area contributed by atoms with Crippen LogP contribution in [0.2, 0.25) is 0 Å². The minimum atomic E-state index is 0.0817. The molecule has 0 bridgehead atoms. The maximum absolute atomic E-state index is 12.5. The van der Waals surface area contributed by atoms with E-state index in [1.165, 1.54) is 5.56 Å². The van der Waals surface area contributed by atoms with Crippen LogP contribution >= 0.6 is 0 Å². The van der Waals surface area contributed by atoms with Crippen molar-refractivity contribution in [1.82, 2.24) is 14.5 Å². The standard InChI is InChI=1S/C22H31N3O2/c1-4-21-23-11-14-25(21)15-18-9-12-24(13-10-18)22(26)16-27-20-7-5-19(6-8-20)17(2)3/h5-8,11,14,17-18H,4,9-10,12-13,15-16H2,1-3H3. The summed E-state index contributed by atoms with van der Waals surface area (Å²) in [6, 6.07) is 8.03. The van der Waals surface area contributed by atoms with E-state index in [0.29, 0.717) is 11.8 Å². The van der Waals surface area contributed by atoms with Crippen molar-refractivity contribution >= 4 is 5.91 Å². The average molecular weight is 370 g/mol. The van der Waals surface area contributed by atoms with Crippen molar-refractivity contribution in [3.63, 3.8) is 0 Å². The molecule has 0 atom stereocenters. The third-order valence-corrected chi connectivity index (χ3v) is 5.45. The largest absolute Gasteiger partial charge is 0.484 e. The first-order chi connectivity index (χ1) is 13.1. The van der Waals surface area contributed by atoms with E-state index in [9.17, 15) is 4.79 Å². The number of rotatable bonds is 7. The highest BCUT2D eigenvalue weighted by molar-refractivity contribution is 5.77. The summed E-state index contributed by atoms with van der Waals surface area (Å²) < 4.78 is 7.95. The van der Waals surface area contributed by atoms with E-state index in [1.54, 1.807) is 0 Å². The lowest BCUT2D eigenvalue weighted by Gasteiger charge is -2.32. The van der Waals surface area contributed by atoms with Crippen molar-refractivity contribution in [2.75, 3.05) is 19.7 Å². The first-order valence-corrected chi connectivity index (χ1v) is 10.1. The van der Waals surface area contributed by atoms with Crippen LogP contribution in [0.4, 0.5) is 0 Å². The zero-order valence-electron chi connectivity index (χ0n) is 16.7. The lowest BCUT2D eigenvalue weighted by atomic mass is 9.96. The van der Waals surface area contributed by atoms with Crippen LogP contribution in [0.5, 0.6) is 5.75 Å². The summed E-state index contributed by atoms with van der Waals surface area (Å²) >= 11 is 0. The number of likely N-dealkylation sites (tertiary alicyclic amines) is 1. The summed E-state index contributed by atoms with van der Waals surface area (Å²) in [5.74, 6) is 3.09. The van der Waals surface area contributed by atoms with E-state index in [-0.39, 0.29) is 12.5 Å². The Hall–Kier alpha value is -2.30. The number of imidazole rings is 1. The number of aryl methyl sites for hydroxylation is 1. The van der Waals surface area contributed by atoms with Gasteiger partial charge in [-0.3, -0.25) is 4.79 Å². The van der Waals surface area contributed by atoms with Crippen LogP contribution in [-0.2, 0) is 17.8 Å². The average Bonchev–Trinajstić information content (AvgIpc) is 3.14. The first kappa shape index (κ1) is 19.5. The van der Waals surface area contributed by atoms with Gasteiger partial charge in [-0.15, -0.1) is 0 Å². The Kier molecular flexibility index (Phi) is 6.54. The number of amides is 1. The predicted molar refractivity (Wildman–Crippen MR) is 107 cm³/mol. The number of nitrogens with zero attached hydrogens (tertiary/aromatic N) is 3. The highest BCUT2D eigenvalue weighted by Crippen LogP contribution is 2.21. The highest BCUT2D eigenvalue weighted by Gasteiger charge is 2.23. The molecule has 2 aromatic rings. The van der Waals surface area contributed by atoms with Crippen LogP contribution in [0.15, 0.2) is 36.7 Å². The second-order valence-electron chi connectivity index (χ2n) is 7.69. The van der Waals surface area contributed by atoms with E-state index >= 15 is 0 Å². The van der Waals surface area contributed by atoms with E-state index in [1.807, 2.05) is 23.2 Å². The molecule has 3 rings (SSSR count). The molecule has 1 aromatic carbocycles. The lowest BCUT2D eigenvalue weighted by Crippen LogP contribution is -2.41. The SMILES string of the molecule is CCc1nccn1CC1CCN(C(=O)COc2ccc(C(C)C)cc2)CC1. The Bertz CT molecular complexity index is 728. The van der Waals surface area contributed by atoms with Gasteiger partial charge in [-0.1, -0.05) is 32.9 Å². The second-order valence-corrected chi connectivity index (χ2v) is 7.69. The molecule has 1 aliphatic heterocycles. The molecule has 1 aromatic heterocycles. The molecule has 0 spiro atoms. The molecule has 0 unspecified atom stereocenters. The number of ether oxygens (including phenoxy) is 1. The zero-order chi connectivity index (χ0) is 19.2. The van der Waals surface area contributed by atoms with Gasteiger partial charge in [0.2, 0.25) is 0 Å². The van der Waals surface area contributed by atoms with Crippen molar-refractivity contribution in [3.8, 4) is 5.75 Å². The molecular formula is C22H31N3O2. The van der Waals surface area contributed by atoms with Gasteiger partial charge in [-0.2, -0.15) is 0 Å². The first-order valence-electron chi connectivity index (χ1n) is 10.1. The molecule has 2 heterocycles. The van der Waals surface area contributed by atoms with Gasteiger partial charge in [0, 0.05) is 38.4 Å². The van der Waals surface area contributed by atoms with Crippen molar-refractivity contribution in [3.05, 3.63) is 48.0 Å². The number of hydrogen-bond acceptors (Lipinski definition) is 3. The molecule has 27 heavy (non-hydrogen) atoms. The van der Waals surface area contributed by atoms with E-state index in [0.717, 1.165) is 50.5 Å². The fourth-order valence-corrected chi connectivity index (χ4v) is 3.65. The molecule has 0 aliphatic carbocycles. The van der Waals surface area contributed by atoms with Crippen molar-refractivity contribution in [2.45, 2.75) is 52.5 Å². The summed E-state index contributed by atoms with van der Waals surface area (Å²) in [6.45, 7) is 9.22. The number of carbonyl (C=O) groups is 1. The molecule has 1 amide bonds. The Morgan fingerprint density at radius 3 is 2.56 bits per heavy atom. The lowest BCUT2D eigenvalue weighted by molar-refractivity contribution is -0.134. The second kappa shape index (κ2) is 9.07. The quantitative estimate of drug-likeness (QED) is 0.744. The number of aromatic nitrogens is 2. The minimum Gasteiger partial charge on any atom is -0.484 e. The third kappa shape index (κ3) is 5.12. The van der Waals surface area contributed by atoms with Crippen molar-refractivity contribution < 1.29 is 9.53 Å². The van der Waals surface area contributed by atoms with Crippen LogP contribution in [-0.4, -0.2) is 40.1 Å². The summed E-state index contributed by atoms with van der Waals surface area (Å²) in [4.78, 5) is 18.8. The van der Waals surface area contributed by atoms with E-state index in [2.05, 4.69) is 48.7 Å². The Morgan fingerprint density at radius 1 is 1.22 bits per heavy atom. The number of hydrogen-bond donors (Lipinski definition) is 0. The Balaban J connectivity index is 1.43. The summed E-state index contributed by atoms with van der Waals surface area (Å²) in [6.07, 6.45) is 6.98. The topological polar surface area (TPSA) is 47.4 Å². The van der Waals surface area contributed by atoms with Crippen LogP contribution in [0.1, 0.15) is 50.9 Å². The van der Waals surface area contributed by atoms with Crippen molar-refractivity contribution in [1.29, 1.82) is 0 Å². The van der Waals surface area contributed by atoms with Gasteiger partial charge in [0.1, 0.15) is 11.6 Å². The van der Waals surface area contributed by atoms with Crippen molar-refractivity contribution in [2.24, 2.45) is 5.92 Å². The fraction of sp³-hybridized carbons (Fsp3) is 0.545. The van der Waals surface area contributed by atoms with E-state index < -0.39 is 0 Å². The predicted octanol–water partition coefficient (Wildman–Crippen LogP) is 3.89. The maximum atomic E-state index is 12.5. The molecule has 0 saturated carbocycles. The van der Waals surface area contributed by atoms with Crippen LogP contribution in [0.3, 0.4) is 0 Å². The zero-order valence-corrected chi connectivity index (χ0v) is 16.7. The Morgan fingerprint density at radius 2 is 1.93 bits per heavy atom. The van der Waals surface area contributed by atoms with Crippen LogP contribution in [0.25, 0.3) is 0 Å². The molecule has 0 radical (unpaired) electrons. The third-order valence-electron chi connectivity index (χ3n) is 5.45. The molecule has 5 nitrogen and oxygen atoms in total. The summed E-state index contributed by atoms with van der Waals surface area (Å²) in [5.41, 5.74) is 1.28. The minimum absolute atomic E-state index is 0.0817. The van der Waals surface area contributed by atoms with Gasteiger partial charge in [0.25, 0.3) is 5.91 Å². The molecule has 5 heteroatoms. The van der Waals surface area contributed by atoms with Crippen LogP contribution in [0, 0.1) is 5.92 Å².